The number of alkyl halides is 1. The van der Waals surface area contributed by atoms with E-state index < -0.39 is 5.67 Å². The molecule has 0 aliphatic heterocycles. The first kappa shape index (κ1) is 25.4. The number of aliphatic hydroxyl groups is 1. The number of nitrogens with zero attached hydrogens (tertiary/aromatic N) is 3. The number of halogens is 1. The van der Waals surface area contributed by atoms with Gasteiger partial charge in [0.1, 0.15) is 11.5 Å². The second kappa shape index (κ2) is 11.3. The monoisotopic (exact) mass is 475 g/mol. The van der Waals surface area contributed by atoms with Crippen molar-refractivity contribution >= 4 is 27.5 Å². The van der Waals surface area contributed by atoms with Crippen molar-refractivity contribution in [3.63, 3.8) is 0 Å². The van der Waals surface area contributed by atoms with Crippen LogP contribution in [0.1, 0.15) is 51.5 Å². The number of hydrogen-bond acceptors (Lipinski definition) is 5. The zero-order valence-corrected chi connectivity index (χ0v) is 21.3. The molecule has 0 amide bonds. The lowest BCUT2D eigenvalue weighted by Crippen LogP contribution is -2.43. The highest BCUT2D eigenvalue weighted by molar-refractivity contribution is 7.18. The second-order valence-electron chi connectivity index (χ2n) is 9.67. The van der Waals surface area contributed by atoms with Gasteiger partial charge in [-0.3, -0.25) is 0 Å². The molecule has 2 atom stereocenters. The summed E-state index contributed by atoms with van der Waals surface area (Å²) < 4.78 is 15.3. The fourth-order valence-electron chi connectivity index (χ4n) is 4.04. The molecule has 33 heavy (non-hydrogen) atoms. The predicted octanol–water partition coefficient (Wildman–Crippen LogP) is 4.47. The molecule has 3 N–H and O–H groups in total. The van der Waals surface area contributed by atoms with Crippen molar-refractivity contribution in [3.05, 3.63) is 40.7 Å². The van der Waals surface area contributed by atoms with Gasteiger partial charge in [0.2, 0.25) is 0 Å². The highest BCUT2D eigenvalue weighted by atomic mass is 32.1. The summed E-state index contributed by atoms with van der Waals surface area (Å²) in [6.45, 7) is 5.53. The quantitative estimate of drug-likeness (QED) is 0.369. The largest absolute Gasteiger partial charge is 0.396 e. The molecule has 8 heteroatoms. The van der Waals surface area contributed by atoms with Crippen molar-refractivity contribution in [2.75, 3.05) is 27.2 Å². The first-order chi connectivity index (χ1) is 15.7. The molecular formula is C25H38FN5OS. The Morgan fingerprint density at radius 2 is 2.06 bits per heavy atom. The van der Waals surface area contributed by atoms with Gasteiger partial charge in [0.25, 0.3) is 0 Å². The van der Waals surface area contributed by atoms with E-state index >= 15 is 0 Å². The van der Waals surface area contributed by atoms with Crippen LogP contribution in [-0.4, -0.2) is 59.9 Å². The van der Waals surface area contributed by atoms with Gasteiger partial charge in [0.05, 0.1) is 21.8 Å². The Balaban J connectivity index is 1.90. The number of para-hydroxylation sites is 1. The molecule has 1 aromatic heterocycles. The Morgan fingerprint density at radius 3 is 2.67 bits per heavy atom. The molecule has 1 fully saturated rings. The third-order valence-corrected chi connectivity index (χ3v) is 6.93. The van der Waals surface area contributed by atoms with E-state index in [1.165, 1.54) is 24.1 Å². The molecule has 2 aromatic rings. The normalized spacial score (nSPS) is 20.2. The fraction of sp³-hybridized carbons (Fsp3) is 0.600. The minimum absolute atomic E-state index is 0.0795. The number of nitrogens with one attached hydrogen (secondary N) is 2. The first-order valence-corrected chi connectivity index (χ1v) is 12.6. The lowest BCUT2D eigenvalue weighted by atomic mass is 10.1. The molecule has 1 unspecified atom stereocenters. The van der Waals surface area contributed by atoms with Gasteiger partial charge in [-0.2, -0.15) is 0 Å². The molecule has 1 aliphatic carbocycles. The van der Waals surface area contributed by atoms with Crippen LogP contribution in [0.15, 0.2) is 40.7 Å². The Kier molecular flexibility index (Phi) is 8.70. The lowest BCUT2D eigenvalue weighted by molar-refractivity contribution is 0.227. The van der Waals surface area contributed by atoms with Gasteiger partial charge in [0.15, 0.2) is 5.96 Å². The Labute approximate surface area is 201 Å². The van der Waals surface area contributed by atoms with E-state index in [1.807, 2.05) is 37.2 Å². The zero-order chi connectivity index (χ0) is 24.0. The Morgan fingerprint density at radius 1 is 1.30 bits per heavy atom. The van der Waals surface area contributed by atoms with Crippen molar-refractivity contribution in [1.82, 2.24) is 20.5 Å². The lowest BCUT2D eigenvalue weighted by Gasteiger charge is -2.26. The smallest absolute Gasteiger partial charge is 0.199 e. The molecular weight excluding hydrogens is 437 g/mol. The number of benzene rings is 1. The average Bonchev–Trinajstić information content (AvgIpc) is 3.39. The summed E-state index contributed by atoms with van der Waals surface area (Å²) in [5.41, 5.74) is 0.850. The molecule has 3 rings (SSSR count). The minimum Gasteiger partial charge on any atom is -0.396 e. The van der Waals surface area contributed by atoms with Gasteiger partial charge < -0.3 is 20.6 Å². The SMILES string of the molecule is CC/C(Cc1nc2ccccc2s1)=C(\NC(=NCC(C)(C)F)N(C)C)N[C@H]1CCC(CO)C1. The maximum Gasteiger partial charge on any atom is 0.199 e. The minimum atomic E-state index is -1.38. The van der Waals surface area contributed by atoms with Crippen molar-refractivity contribution < 1.29 is 9.50 Å². The standard InChI is InChI=1S/C25H38FN5OS/c1-6-18(14-22-29-20-9-7-8-10-21(20)33-22)23(28-19-12-11-17(13-19)15-32)30-24(31(4)5)27-16-25(2,3)26/h7-10,17,19,28,32H,6,11-16H2,1-5H3,(H,27,30)/b23-18+/t17?,19-/m0/s1. The molecule has 0 saturated heterocycles. The van der Waals surface area contributed by atoms with E-state index in [2.05, 4.69) is 28.6 Å². The van der Waals surface area contributed by atoms with Crippen LogP contribution in [0.4, 0.5) is 4.39 Å². The van der Waals surface area contributed by atoms with Crippen LogP contribution in [0.5, 0.6) is 0 Å². The van der Waals surface area contributed by atoms with Crippen LogP contribution in [0.3, 0.4) is 0 Å². The number of aliphatic imine (C=N–C) groups is 1. The molecule has 0 radical (unpaired) electrons. The van der Waals surface area contributed by atoms with Crippen LogP contribution in [0, 0.1) is 5.92 Å². The van der Waals surface area contributed by atoms with Crippen LogP contribution in [0.2, 0.25) is 0 Å². The first-order valence-electron chi connectivity index (χ1n) is 11.8. The van der Waals surface area contributed by atoms with Crippen molar-refractivity contribution in [2.45, 2.75) is 64.6 Å². The van der Waals surface area contributed by atoms with Crippen molar-refractivity contribution in [2.24, 2.45) is 10.9 Å². The molecule has 0 bridgehead atoms. The number of fused-ring (bicyclic) bond motifs is 1. The van der Waals surface area contributed by atoms with E-state index in [9.17, 15) is 9.50 Å². The maximum absolute atomic E-state index is 14.2. The molecule has 1 heterocycles. The highest BCUT2D eigenvalue weighted by Crippen LogP contribution is 2.28. The number of rotatable bonds is 9. The topological polar surface area (TPSA) is 72.8 Å². The van der Waals surface area contributed by atoms with E-state index in [-0.39, 0.29) is 19.2 Å². The summed E-state index contributed by atoms with van der Waals surface area (Å²) >= 11 is 1.72. The van der Waals surface area contributed by atoms with Crippen molar-refractivity contribution in [3.8, 4) is 0 Å². The third kappa shape index (κ3) is 7.40. The van der Waals surface area contributed by atoms with E-state index in [1.54, 1.807) is 11.3 Å². The molecule has 1 aliphatic rings. The number of hydrogen-bond donors (Lipinski definition) is 3. The predicted molar refractivity (Wildman–Crippen MR) is 136 cm³/mol. The summed E-state index contributed by atoms with van der Waals surface area (Å²) in [4.78, 5) is 11.2. The molecule has 1 saturated carbocycles. The summed E-state index contributed by atoms with van der Waals surface area (Å²) in [5.74, 6) is 1.88. The number of allylic oxidation sites excluding steroid dienone is 1. The van der Waals surface area contributed by atoms with Crippen LogP contribution in [-0.2, 0) is 6.42 Å². The van der Waals surface area contributed by atoms with Gasteiger partial charge >= 0.3 is 0 Å². The van der Waals surface area contributed by atoms with E-state index in [0.717, 1.165) is 48.4 Å². The summed E-state index contributed by atoms with van der Waals surface area (Å²) in [7, 11) is 3.82. The number of thiazole rings is 1. The molecule has 6 nitrogen and oxygen atoms in total. The van der Waals surface area contributed by atoms with Gasteiger partial charge in [-0.1, -0.05) is 19.1 Å². The summed E-state index contributed by atoms with van der Waals surface area (Å²) in [6.07, 6.45) is 4.55. The number of aromatic nitrogens is 1. The highest BCUT2D eigenvalue weighted by Gasteiger charge is 2.26. The van der Waals surface area contributed by atoms with Gasteiger partial charge in [-0.25, -0.2) is 14.4 Å². The van der Waals surface area contributed by atoms with E-state index in [0.29, 0.717) is 11.9 Å². The van der Waals surface area contributed by atoms with Crippen molar-refractivity contribution in [1.29, 1.82) is 0 Å². The second-order valence-corrected chi connectivity index (χ2v) is 10.8. The average molecular weight is 476 g/mol. The summed E-state index contributed by atoms with van der Waals surface area (Å²) in [6, 6.07) is 8.49. The fourth-order valence-corrected chi connectivity index (χ4v) is 5.05. The third-order valence-electron chi connectivity index (χ3n) is 5.90. The number of guanidine groups is 1. The van der Waals surface area contributed by atoms with Crippen LogP contribution >= 0.6 is 11.3 Å². The van der Waals surface area contributed by atoms with Gasteiger partial charge in [-0.15, -0.1) is 11.3 Å². The molecule has 1 aromatic carbocycles. The molecule has 0 spiro atoms. The zero-order valence-electron chi connectivity index (χ0n) is 20.5. The van der Waals surface area contributed by atoms with Crippen LogP contribution < -0.4 is 10.6 Å². The van der Waals surface area contributed by atoms with E-state index in [4.69, 9.17) is 4.98 Å². The van der Waals surface area contributed by atoms with Gasteiger partial charge in [-0.05, 0) is 63.2 Å². The Bertz CT molecular complexity index is 946. The summed E-state index contributed by atoms with van der Waals surface area (Å²) in [5, 5.41) is 17.8. The Hall–Kier alpha value is -2.19. The maximum atomic E-state index is 14.2. The van der Waals surface area contributed by atoms with Crippen LogP contribution in [0.25, 0.3) is 10.2 Å². The number of aliphatic hydroxyl groups excluding tert-OH is 1. The molecule has 182 valence electrons. The van der Waals surface area contributed by atoms with Gasteiger partial charge in [0, 0.05) is 33.2 Å².